The molecule has 0 aliphatic heterocycles. The molecule has 0 spiro atoms. The van der Waals surface area contributed by atoms with Gasteiger partial charge in [-0.15, -0.1) is 10.2 Å². The summed E-state index contributed by atoms with van der Waals surface area (Å²) in [6, 6.07) is 10.2. The Labute approximate surface area is 163 Å². The van der Waals surface area contributed by atoms with E-state index >= 15 is 0 Å². The van der Waals surface area contributed by atoms with Gasteiger partial charge in [-0.05, 0) is 44.2 Å². The average molecular weight is 381 g/mol. The van der Waals surface area contributed by atoms with E-state index < -0.39 is 0 Å². The van der Waals surface area contributed by atoms with Crippen molar-refractivity contribution in [3.8, 4) is 0 Å². The predicted molar refractivity (Wildman–Crippen MR) is 108 cm³/mol. The van der Waals surface area contributed by atoms with Gasteiger partial charge in [-0.3, -0.25) is 9.20 Å². The number of aryl methyl sites for hydroxylation is 2. The van der Waals surface area contributed by atoms with E-state index in [4.69, 9.17) is 0 Å². The Bertz CT molecular complexity index is 958. The lowest BCUT2D eigenvalue weighted by Crippen LogP contribution is -2.07. The third-order valence-electron chi connectivity index (χ3n) is 5.30. The van der Waals surface area contributed by atoms with Crippen LogP contribution in [-0.2, 0) is 0 Å². The van der Waals surface area contributed by atoms with Gasteiger partial charge in [0.2, 0.25) is 0 Å². The maximum Gasteiger partial charge on any atom is 0.256 e. The van der Waals surface area contributed by atoms with Crippen LogP contribution >= 0.6 is 11.8 Å². The number of nitrogens with zero attached hydrogens (tertiary/aromatic N) is 4. The van der Waals surface area contributed by atoms with E-state index in [1.165, 1.54) is 49.4 Å². The zero-order valence-corrected chi connectivity index (χ0v) is 16.6. The molecule has 1 fully saturated rings. The minimum atomic E-state index is 0.115. The lowest BCUT2D eigenvalue weighted by atomic mass is 9.84. The third-order valence-corrected chi connectivity index (χ3v) is 6.23. The van der Waals surface area contributed by atoms with Crippen LogP contribution in [0.4, 0.5) is 0 Å². The first-order valence-corrected chi connectivity index (χ1v) is 10.6. The largest absolute Gasteiger partial charge is 0.293 e. The standard InChI is InChI=1S/C21H24N4OS/c1-14-12-15(2)25-20(22-14)23-24-21(25)27-13-19(26)18-10-8-17(9-11-18)16-6-4-3-5-7-16/h8-12,16H,3-7,13H2,1-2H3. The van der Waals surface area contributed by atoms with Crippen LogP contribution in [0.5, 0.6) is 0 Å². The molecule has 2 aromatic heterocycles. The Morgan fingerprint density at radius 1 is 1.11 bits per heavy atom. The fraction of sp³-hybridized carbons (Fsp3) is 0.429. The van der Waals surface area contributed by atoms with Crippen LogP contribution in [0.2, 0.25) is 0 Å². The summed E-state index contributed by atoms with van der Waals surface area (Å²) >= 11 is 1.41. The number of fused-ring (bicyclic) bond motifs is 1. The molecule has 2 heterocycles. The van der Waals surface area contributed by atoms with Gasteiger partial charge in [-0.25, -0.2) is 4.98 Å². The predicted octanol–water partition coefficient (Wildman–Crippen LogP) is 4.76. The number of Topliss-reactive ketones (excluding diaryl/α,β-unsaturated/α-hetero) is 1. The Kier molecular flexibility index (Phi) is 5.25. The number of hydrogen-bond donors (Lipinski definition) is 0. The zero-order chi connectivity index (χ0) is 18.8. The third kappa shape index (κ3) is 3.90. The summed E-state index contributed by atoms with van der Waals surface area (Å²) in [7, 11) is 0. The Balaban J connectivity index is 1.44. The molecule has 0 amide bonds. The van der Waals surface area contributed by atoms with Crippen molar-refractivity contribution in [2.45, 2.75) is 57.0 Å². The number of carbonyl (C=O) groups is 1. The monoisotopic (exact) mass is 380 g/mol. The van der Waals surface area contributed by atoms with Crippen molar-refractivity contribution < 1.29 is 4.79 Å². The molecular formula is C21H24N4OS. The quantitative estimate of drug-likeness (QED) is 0.472. The second kappa shape index (κ2) is 7.80. The lowest BCUT2D eigenvalue weighted by Gasteiger charge is -2.22. The Morgan fingerprint density at radius 2 is 1.85 bits per heavy atom. The molecule has 0 atom stereocenters. The van der Waals surface area contributed by atoms with Gasteiger partial charge >= 0.3 is 0 Å². The minimum absolute atomic E-state index is 0.115. The highest BCUT2D eigenvalue weighted by atomic mass is 32.2. The summed E-state index contributed by atoms with van der Waals surface area (Å²) in [5, 5.41) is 9.03. The van der Waals surface area contributed by atoms with Crippen molar-refractivity contribution in [2.24, 2.45) is 0 Å². The molecule has 0 radical (unpaired) electrons. The van der Waals surface area contributed by atoms with E-state index in [-0.39, 0.29) is 5.78 Å². The number of thioether (sulfide) groups is 1. The van der Waals surface area contributed by atoms with Gasteiger partial charge < -0.3 is 0 Å². The van der Waals surface area contributed by atoms with Crippen LogP contribution in [0.3, 0.4) is 0 Å². The number of ketones is 1. The fourth-order valence-corrected chi connectivity index (χ4v) is 4.76. The molecule has 3 aromatic rings. The van der Waals surface area contributed by atoms with Crippen LogP contribution in [-0.4, -0.2) is 31.1 Å². The molecular weight excluding hydrogens is 356 g/mol. The van der Waals surface area contributed by atoms with Crippen molar-refractivity contribution in [1.29, 1.82) is 0 Å². The molecule has 0 unspecified atom stereocenters. The van der Waals surface area contributed by atoms with E-state index in [1.807, 2.05) is 36.4 Å². The molecule has 1 saturated carbocycles. The molecule has 1 aliphatic rings. The van der Waals surface area contributed by atoms with Crippen molar-refractivity contribution in [1.82, 2.24) is 19.6 Å². The summed E-state index contributed by atoms with van der Waals surface area (Å²) in [6.07, 6.45) is 6.55. The summed E-state index contributed by atoms with van der Waals surface area (Å²) in [5.41, 5.74) is 4.08. The highest BCUT2D eigenvalue weighted by molar-refractivity contribution is 7.99. The number of carbonyl (C=O) groups excluding carboxylic acids is 1. The van der Waals surface area contributed by atoms with Crippen LogP contribution < -0.4 is 0 Å². The van der Waals surface area contributed by atoms with Crippen molar-refractivity contribution in [2.75, 3.05) is 5.75 Å². The fourth-order valence-electron chi connectivity index (χ4n) is 3.88. The average Bonchev–Trinajstić information content (AvgIpc) is 3.10. The minimum Gasteiger partial charge on any atom is -0.293 e. The van der Waals surface area contributed by atoms with Crippen LogP contribution in [0.25, 0.3) is 5.78 Å². The summed E-state index contributed by atoms with van der Waals surface area (Å²) in [4.78, 5) is 17.0. The highest BCUT2D eigenvalue weighted by Crippen LogP contribution is 2.32. The van der Waals surface area contributed by atoms with Gasteiger partial charge in [0.15, 0.2) is 10.9 Å². The zero-order valence-electron chi connectivity index (χ0n) is 15.8. The van der Waals surface area contributed by atoms with Crippen LogP contribution in [0, 0.1) is 13.8 Å². The molecule has 27 heavy (non-hydrogen) atoms. The van der Waals surface area contributed by atoms with E-state index in [0.29, 0.717) is 22.6 Å². The normalized spacial score (nSPS) is 15.3. The number of aromatic nitrogens is 4. The Hall–Kier alpha value is -2.21. The van der Waals surface area contributed by atoms with Gasteiger partial charge in [0.05, 0.1) is 5.75 Å². The van der Waals surface area contributed by atoms with Crippen molar-refractivity contribution in [3.05, 3.63) is 52.8 Å². The summed E-state index contributed by atoms with van der Waals surface area (Å²) < 4.78 is 1.90. The highest BCUT2D eigenvalue weighted by Gasteiger charge is 2.17. The molecule has 1 aromatic carbocycles. The number of hydrogen-bond acceptors (Lipinski definition) is 5. The van der Waals surface area contributed by atoms with Gasteiger partial charge in [0.25, 0.3) is 5.78 Å². The maximum atomic E-state index is 12.6. The first kappa shape index (κ1) is 18.2. The van der Waals surface area contributed by atoms with Gasteiger partial charge in [0.1, 0.15) is 0 Å². The van der Waals surface area contributed by atoms with Gasteiger partial charge in [-0.2, -0.15) is 0 Å². The van der Waals surface area contributed by atoms with E-state index in [9.17, 15) is 4.79 Å². The second-order valence-electron chi connectivity index (χ2n) is 7.33. The summed E-state index contributed by atoms with van der Waals surface area (Å²) in [6.45, 7) is 3.94. The van der Waals surface area contributed by atoms with Crippen LogP contribution in [0.15, 0.2) is 35.5 Å². The summed E-state index contributed by atoms with van der Waals surface area (Å²) in [5.74, 6) is 1.71. The van der Waals surface area contributed by atoms with E-state index in [0.717, 1.165) is 17.0 Å². The molecule has 140 valence electrons. The SMILES string of the molecule is Cc1cc(C)n2c(SCC(=O)c3ccc(C4CCCCC4)cc3)nnc2n1. The molecule has 0 saturated heterocycles. The van der Waals surface area contributed by atoms with Gasteiger partial charge in [0, 0.05) is 17.0 Å². The molecule has 1 aliphatic carbocycles. The Morgan fingerprint density at radius 3 is 2.59 bits per heavy atom. The topological polar surface area (TPSA) is 60.2 Å². The van der Waals surface area contributed by atoms with Gasteiger partial charge in [-0.1, -0.05) is 55.3 Å². The number of benzene rings is 1. The first-order chi connectivity index (χ1) is 13.1. The maximum absolute atomic E-state index is 12.6. The molecule has 0 bridgehead atoms. The van der Waals surface area contributed by atoms with Crippen molar-refractivity contribution >= 4 is 23.3 Å². The molecule has 5 nitrogen and oxygen atoms in total. The van der Waals surface area contributed by atoms with E-state index in [2.05, 4.69) is 27.3 Å². The second-order valence-corrected chi connectivity index (χ2v) is 8.27. The first-order valence-electron chi connectivity index (χ1n) is 9.57. The molecule has 0 N–H and O–H groups in total. The molecule has 4 rings (SSSR count). The lowest BCUT2D eigenvalue weighted by molar-refractivity contribution is 0.102. The smallest absolute Gasteiger partial charge is 0.256 e. The number of rotatable bonds is 5. The van der Waals surface area contributed by atoms with Crippen LogP contribution in [0.1, 0.15) is 65.3 Å². The molecule has 6 heteroatoms. The van der Waals surface area contributed by atoms with E-state index in [1.54, 1.807) is 0 Å². The van der Waals surface area contributed by atoms with Crippen molar-refractivity contribution in [3.63, 3.8) is 0 Å².